The molecule has 0 aliphatic carbocycles. The van der Waals surface area contributed by atoms with Crippen LogP contribution in [-0.4, -0.2) is 12.0 Å². The summed E-state index contributed by atoms with van der Waals surface area (Å²) in [4.78, 5) is 12.4. The minimum Gasteiger partial charge on any atom is -0.339 e. The molecule has 2 aromatic rings. The van der Waals surface area contributed by atoms with Crippen LogP contribution in [0.4, 0.5) is 17.1 Å². The highest BCUT2D eigenvalue weighted by Crippen LogP contribution is 2.33. The number of nitro benzene ring substituents is 1. The van der Waals surface area contributed by atoms with Crippen LogP contribution in [0.2, 0.25) is 0 Å². The van der Waals surface area contributed by atoms with E-state index >= 15 is 0 Å². The molecule has 100 valence electrons. The van der Waals surface area contributed by atoms with Gasteiger partial charge in [0.2, 0.25) is 0 Å². The Morgan fingerprint density at radius 2 is 2.00 bits per heavy atom. The highest BCUT2D eigenvalue weighted by molar-refractivity contribution is 5.72. The number of nitrogens with zero attached hydrogens (tertiary/aromatic N) is 3. The van der Waals surface area contributed by atoms with E-state index in [1.54, 1.807) is 42.3 Å². The van der Waals surface area contributed by atoms with E-state index in [2.05, 4.69) is 6.07 Å². The van der Waals surface area contributed by atoms with Crippen molar-refractivity contribution in [2.24, 2.45) is 0 Å². The number of hydrogen-bond donors (Lipinski definition) is 0. The van der Waals surface area contributed by atoms with Gasteiger partial charge >= 0.3 is 0 Å². The van der Waals surface area contributed by atoms with Crippen molar-refractivity contribution in [3.05, 3.63) is 63.7 Å². The third-order valence-corrected chi connectivity index (χ3v) is 3.05. The highest BCUT2D eigenvalue weighted by atomic mass is 16.6. The van der Waals surface area contributed by atoms with Gasteiger partial charge in [0, 0.05) is 18.8 Å². The van der Waals surface area contributed by atoms with E-state index in [0.29, 0.717) is 11.3 Å². The first-order valence-electron chi connectivity index (χ1n) is 6.02. The third kappa shape index (κ3) is 2.59. The minimum atomic E-state index is -0.403. The lowest BCUT2D eigenvalue weighted by Crippen LogP contribution is -2.11. The van der Waals surface area contributed by atoms with E-state index in [9.17, 15) is 10.1 Å². The van der Waals surface area contributed by atoms with E-state index < -0.39 is 4.92 Å². The zero-order valence-corrected chi connectivity index (χ0v) is 11.2. The number of anilines is 2. The number of rotatable bonds is 3. The Hall–Kier alpha value is -2.87. The number of nitriles is 1. The van der Waals surface area contributed by atoms with Crippen molar-refractivity contribution in [3.8, 4) is 6.07 Å². The summed E-state index contributed by atoms with van der Waals surface area (Å²) < 4.78 is 0. The van der Waals surface area contributed by atoms with Crippen LogP contribution in [0.1, 0.15) is 11.1 Å². The Balaban J connectivity index is 2.52. The number of nitro groups is 1. The lowest BCUT2D eigenvalue weighted by atomic mass is 10.1. The SMILES string of the molecule is Cc1ccc([N+](=O)[O-])c(N(C)c2cccc(C#N)c2)c1. The summed E-state index contributed by atoms with van der Waals surface area (Å²) >= 11 is 0. The summed E-state index contributed by atoms with van der Waals surface area (Å²) in [7, 11) is 1.75. The van der Waals surface area contributed by atoms with Crippen LogP contribution in [0.5, 0.6) is 0 Å². The molecular weight excluding hydrogens is 254 g/mol. The van der Waals surface area contributed by atoms with Gasteiger partial charge in [-0.25, -0.2) is 0 Å². The summed E-state index contributed by atoms with van der Waals surface area (Å²) in [6, 6.07) is 14.0. The first kappa shape index (κ1) is 13.6. The van der Waals surface area contributed by atoms with Gasteiger partial charge in [0.05, 0.1) is 16.6 Å². The van der Waals surface area contributed by atoms with Crippen LogP contribution in [0.25, 0.3) is 0 Å². The predicted molar refractivity (Wildman–Crippen MR) is 77.1 cm³/mol. The molecule has 2 aromatic carbocycles. The van der Waals surface area contributed by atoms with Crippen LogP contribution in [0, 0.1) is 28.4 Å². The normalized spacial score (nSPS) is 9.85. The second-order valence-electron chi connectivity index (χ2n) is 4.47. The maximum absolute atomic E-state index is 11.1. The Labute approximate surface area is 116 Å². The molecule has 0 radical (unpaired) electrons. The van der Waals surface area contributed by atoms with Crippen molar-refractivity contribution < 1.29 is 4.92 Å². The molecule has 0 saturated heterocycles. The summed E-state index contributed by atoms with van der Waals surface area (Å²) in [5.74, 6) is 0. The molecule has 0 heterocycles. The quantitative estimate of drug-likeness (QED) is 0.630. The van der Waals surface area contributed by atoms with Crippen LogP contribution < -0.4 is 4.90 Å². The molecule has 5 nitrogen and oxygen atoms in total. The van der Waals surface area contributed by atoms with Crippen LogP contribution in [0.15, 0.2) is 42.5 Å². The lowest BCUT2D eigenvalue weighted by Gasteiger charge is -2.20. The third-order valence-electron chi connectivity index (χ3n) is 3.05. The van der Waals surface area contributed by atoms with Crippen molar-refractivity contribution >= 4 is 17.1 Å². The van der Waals surface area contributed by atoms with Gasteiger partial charge in [0.25, 0.3) is 5.69 Å². The standard InChI is InChI=1S/C15H13N3O2/c1-11-6-7-14(18(19)20)15(8-11)17(2)13-5-3-4-12(9-13)10-16/h3-9H,1-2H3. The number of aryl methyl sites for hydroxylation is 1. The van der Waals surface area contributed by atoms with Gasteiger partial charge in [-0.3, -0.25) is 10.1 Å². The molecule has 0 amide bonds. The van der Waals surface area contributed by atoms with Gasteiger partial charge in [0.15, 0.2) is 0 Å². The van der Waals surface area contributed by atoms with Gasteiger partial charge in [-0.15, -0.1) is 0 Å². The van der Waals surface area contributed by atoms with E-state index in [1.165, 1.54) is 6.07 Å². The Morgan fingerprint density at radius 1 is 1.25 bits per heavy atom. The van der Waals surface area contributed by atoms with Crippen molar-refractivity contribution in [3.63, 3.8) is 0 Å². The molecule has 2 rings (SSSR count). The lowest BCUT2D eigenvalue weighted by molar-refractivity contribution is -0.384. The molecule has 20 heavy (non-hydrogen) atoms. The molecule has 5 heteroatoms. The maximum atomic E-state index is 11.1. The van der Waals surface area contributed by atoms with Crippen molar-refractivity contribution in [2.45, 2.75) is 6.92 Å². The highest BCUT2D eigenvalue weighted by Gasteiger charge is 2.18. The van der Waals surface area contributed by atoms with Gasteiger partial charge < -0.3 is 4.90 Å². The van der Waals surface area contributed by atoms with Gasteiger partial charge in [-0.05, 0) is 36.8 Å². The molecule has 0 aliphatic rings. The van der Waals surface area contributed by atoms with Crippen molar-refractivity contribution in [1.29, 1.82) is 5.26 Å². The van der Waals surface area contributed by atoms with Gasteiger partial charge in [-0.2, -0.15) is 5.26 Å². The number of benzene rings is 2. The molecule has 0 unspecified atom stereocenters. The Morgan fingerprint density at radius 3 is 2.65 bits per heavy atom. The molecule has 0 fully saturated rings. The largest absolute Gasteiger partial charge is 0.339 e. The molecule has 0 atom stereocenters. The predicted octanol–water partition coefficient (Wildman–Crippen LogP) is 3.54. The molecule has 0 bridgehead atoms. The zero-order chi connectivity index (χ0) is 14.7. The topological polar surface area (TPSA) is 70.2 Å². The van der Waals surface area contributed by atoms with Crippen molar-refractivity contribution in [2.75, 3.05) is 11.9 Å². The Kier molecular flexibility index (Phi) is 3.67. The Bertz CT molecular complexity index is 705. The van der Waals surface area contributed by atoms with Crippen molar-refractivity contribution in [1.82, 2.24) is 0 Å². The van der Waals surface area contributed by atoms with Gasteiger partial charge in [-0.1, -0.05) is 12.1 Å². The first-order valence-corrected chi connectivity index (χ1v) is 6.02. The molecule has 0 spiro atoms. The molecule has 0 saturated carbocycles. The molecule has 0 N–H and O–H groups in total. The summed E-state index contributed by atoms with van der Waals surface area (Å²) in [5, 5.41) is 20.0. The smallest absolute Gasteiger partial charge is 0.292 e. The fourth-order valence-electron chi connectivity index (χ4n) is 1.98. The summed E-state index contributed by atoms with van der Waals surface area (Å²) in [6.45, 7) is 1.88. The second kappa shape index (κ2) is 5.41. The fourth-order valence-corrected chi connectivity index (χ4v) is 1.98. The molecular formula is C15H13N3O2. The maximum Gasteiger partial charge on any atom is 0.292 e. The van der Waals surface area contributed by atoms with E-state index in [-0.39, 0.29) is 5.69 Å². The summed E-state index contributed by atoms with van der Waals surface area (Å²) in [6.07, 6.45) is 0. The molecule has 0 aliphatic heterocycles. The summed E-state index contributed by atoms with van der Waals surface area (Å²) in [5.41, 5.74) is 2.74. The van der Waals surface area contributed by atoms with E-state index in [0.717, 1.165) is 11.3 Å². The zero-order valence-electron chi connectivity index (χ0n) is 11.2. The fraction of sp³-hybridized carbons (Fsp3) is 0.133. The molecule has 0 aromatic heterocycles. The average Bonchev–Trinajstić information content (AvgIpc) is 2.46. The van der Waals surface area contributed by atoms with Crippen LogP contribution >= 0.6 is 0 Å². The van der Waals surface area contributed by atoms with Gasteiger partial charge in [0.1, 0.15) is 5.69 Å². The first-order chi connectivity index (χ1) is 9.52. The second-order valence-corrected chi connectivity index (χ2v) is 4.47. The monoisotopic (exact) mass is 267 g/mol. The van der Waals surface area contributed by atoms with Crippen LogP contribution in [-0.2, 0) is 0 Å². The van der Waals surface area contributed by atoms with Crippen LogP contribution in [0.3, 0.4) is 0 Å². The van der Waals surface area contributed by atoms with E-state index in [1.807, 2.05) is 13.0 Å². The number of hydrogen-bond acceptors (Lipinski definition) is 4. The minimum absolute atomic E-state index is 0.0421. The average molecular weight is 267 g/mol. The van der Waals surface area contributed by atoms with E-state index in [4.69, 9.17) is 5.26 Å².